The topological polar surface area (TPSA) is 0 Å². The minimum Gasteiger partial charge on any atom is -0.358 e. The fraction of sp³-hybridized carbons (Fsp3) is 0.364. The summed E-state index contributed by atoms with van der Waals surface area (Å²) in [6.07, 6.45) is 1.14. The van der Waals surface area contributed by atoms with Crippen LogP contribution in [0.1, 0.15) is 27.3 Å². The summed E-state index contributed by atoms with van der Waals surface area (Å²) in [6, 6.07) is 10.5. The number of hydrogen-bond acceptors (Lipinski definition) is 0. The standard InChI is InChI=1S/C8H10.2CH4.CH3.Y/c1-2-8-6-4-3-5-7-8;;;;/h3-7H,2H2,1H3;2*1H4;1H3;/q;;;-1;. The average molecular weight is 242 g/mol. The first-order valence-corrected chi connectivity index (χ1v) is 2.97. The summed E-state index contributed by atoms with van der Waals surface area (Å²) >= 11 is 0. The van der Waals surface area contributed by atoms with Crippen LogP contribution in [-0.2, 0) is 39.1 Å². The van der Waals surface area contributed by atoms with Crippen LogP contribution in [0.5, 0.6) is 0 Å². The molecule has 0 aliphatic carbocycles. The molecular weight excluding hydrogens is 221 g/mol. The van der Waals surface area contributed by atoms with E-state index < -0.39 is 0 Å². The number of hydrogen-bond donors (Lipinski definition) is 0. The van der Waals surface area contributed by atoms with Gasteiger partial charge in [-0.2, -0.15) is 0 Å². The molecule has 0 saturated heterocycles. The minimum absolute atomic E-state index is 0. The van der Waals surface area contributed by atoms with Gasteiger partial charge >= 0.3 is 0 Å². The third kappa shape index (κ3) is 8.42. The van der Waals surface area contributed by atoms with Gasteiger partial charge in [0.2, 0.25) is 0 Å². The molecule has 0 bridgehead atoms. The molecule has 1 heteroatoms. The van der Waals surface area contributed by atoms with Gasteiger partial charge in [-0.15, -0.1) is 0 Å². The van der Waals surface area contributed by atoms with Gasteiger partial charge < -0.3 is 7.43 Å². The van der Waals surface area contributed by atoms with Crippen LogP contribution in [-0.4, -0.2) is 0 Å². The Labute approximate surface area is 104 Å². The van der Waals surface area contributed by atoms with Crippen molar-refractivity contribution in [1.82, 2.24) is 0 Å². The first kappa shape index (κ1) is 22.8. The van der Waals surface area contributed by atoms with Crippen LogP contribution in [0.4, 0.5) is 0 Å². The van der Waals surface area contributed by atoms with Crippen LogP contribution in [0, 0.1) is 7.43 Å². The maximum Gasteiger partial charge on any atom is 0 e. The summed E-state index contributed by atoms with van der Waals surface area (Å²) in [7, 11) is 0. The Morgan fingerprint density at radius 3 is 1.67 bits per heavy atom. The van der Waals surface area contributed by atoms with E-state index in [-0.39, 0.29) is 55.0 Å². The number of aryl methyl sites for hydroxylation is 1. The Kier molecular flexibility index (Phi) is 26.4. The molecule has 1 rings (SSSR count). The van der Waals surface area contributed by atoms with Gasteiger partial charge in [0.15, 0.2) is 0 Å². The van der Waals surface area contributed by atoms with Crippen molar-refractivity contribution in [3.63, 3.8) is 0 Å². The van der Waals surface area contributed by atoms with E-state index in [9.17, 15) is 0 Å². The van der Waals surface area contributed by atoms with Crippen LogP contribution in [0.2, 0.25) is 0 Å². The molecule has 0 spiro atoms. The molecule has 12 heavy (non-hydrogen) atoms. The summed E-state index contributed by atoms with van der Waals surface area (Å²) < 4.78 is 0. The molecule has 0 atom stereocenters. The first-order chi connectivity index (χ1) is 3.93. The van der Waals surface area contributed by atoms with E-state index in [4.69, 9.17) is 0 Å². The molecule has 0 aliphatic rings. The van der Waals surface area contributed by atoms with Crippen LogP contribution in [0.3, 0.4) is 0 Å². The van der Waals surface area contributed by atoms with Crippen molar-refractivity contribution < 1.29 is 32.7 Å². The van der Waals surface area contributed by atoms with Crippen molar-refractivity contribution in [2.45, 2.75) is 28.2 Å². The summed E-state index contributed by atoms with van der Waals surface area (Å²) in [5.41, 5.74) is 1.41. The molecule has 1 radical (unpaired) electrons. The third-order valence-corrected chi connectivity index (χ3v) is 1.25. The molecule has 0 nitrogen and oxygen atoms in total. The Balaban J connectivity index is -0.0000000800. The Bertz CT molecular complexity index is 146. The summed E-state index contributed by atoms with van der Waals surface area (Å²) in [6.45, 7) is 2.16. The van der Waals surface area contributed by atoms with Gasteiger partial charge in [0.25, 0.3) is 0 Å². The zero-order valence-electron chi connectivity index (χ0n) is 6.67. The molecule has 0 unspecified atom stereocenters. The fourth-order valence-electron chi connectivity index (χ4n) is 0.714. The van der Waals surface area contributed by atoms with Crippen LogP contribution < -0.4 is 0 Å². The maximum atomic E-state index is 2.16. The van der Waals surface area contributed by atoms with Gasteiger partial charge in [0, 0.05) is 32.7 Å². The molecular formula is C11H21Y-. The third-order valence-electron chi connectivity index (χ3n) is 1.25. The molecule has 0 aliphatic heterocycles. The minimum atomic E-state index is 0. The van der Waals surface area contributed by atoms with Crippen molar-refractivity contribution in [2.24, 2.45) is 0 Å². The monoisotopic (exact) mass is 242 g/mol. The van der Waals surface area contributed by atoms with E-state index in [1.165, 1.54) is 5.56 Å². The normalized spacial score (nSPS) is 6.08. The molecule has 1 aromatic carbocycles. The second-order valence-corrected chi connectivity index (χ2v) is 1.84. The second kappa shape index (κ2) is 13.9. The maximum absolute atomic E-state index is 2.16. The van der Waals surface area contributed by atoms with Gasteiger partial charge in [-0.3, -0.25) is 0 Å². The van der Waals surface area contributed by atoms with E-state index in [2.05, 4.69) is 31.2 Å². The van der Waals surface area contributed by atoms with Crippen molar-refractivity contribution >= 4 is 0 Å². The van der Waals surface area contributed by atoms with Crippen molar-refractivity contribution in [2.75, 3.05) is 0 Å². The molecule has 1 aromatic rings. The van der Waals surface area contributed by atoms with Crippen molar-refractivity contribution in [3.05, 3.63) is 43.3 Å². The van der Waals surface area contributed by atoms with E-state index in [0.29, 0.717) is 0 Å². The molecule has 0 amide bonds. The van der Waals surface area contributed by atoms with Gasteiger partial charge in [-0.25, -0.2) is 0 Å². The van der Waals surface area contributed by atoms with Crippen LogP contribution >= 0.6 is 0 Å². The summed E-state index contributed by atoms with van der Waals surface area (Å²) in [5, 5.41) is 0. The van der Waals surface area contributed by atoms with E-state index in [1.54, 1.807) is 0 Å². The first-order valence-electron chi connectivity index (χ1n) is 2.97. The Hall–Kier alpha value is 0.324. The van der Waals surface area contributed by atoms with E-state index >= 15 is 0 Å². The van der Waals surface area contributed by atoms with Gasteiger partial charge in [0.05, 0.1) is 0 Å². The quantitative estimate of drug-likeness (QED) is 0.654. The molecule has 0 saturated carbocycles. The van der Waals surface area contributed by atoms with E-state index in [0.717, 1.165) is 6.42 Å². The largest absolute Gasteiger partial charge is 0.358 e. The van der Waals surface area contributed by atoms with Crippen molar-refractivity contribution in [3.8, 4) is 0 Å². The zero-order chi connectivity index (χ0) is 5.82. The molecule has 0 fully saturated rings. The number of benzene rings is 1. The molecule has 0 N–H and O–H groups in total. The Morgan fingerprint density at radius 2 is 1.42 bits per heavy atom. The van der Waals surface area contributed by atoms with Crippen LogP contribution in [0.15, 0.2) is 30.3 Å². The predicted octanol–water partition coefficient (Wildman–Crippen LogP) is 3.97. The summed E-state index contributed by atoms with van der Waals surface area (Å²) in [4.78, 5) is 0. The van der Waals surface area contributed by atoms with Crippen LogP contribution in [0.25, 0.3) is 0 Å². The van der Waals surface area contributed by atoms with Gasteiger partial charge in [0.1, 0.15) is 0 Å². The number of rotatable bonds is 1. The SMILES string of the molecule is C.C.CCc1ccccc1.[CH3-].[Y]. The summed E-state index contributed by atoms with van der Waals surface area (Å²) in [5.74, 6) is 0. The zero-order valence-corrected chi connectivity index (χ0v) is 9.51. The van der Waals surface area contributed by atoms with E-state index in [1.807, 2.05) is 6.07 Å². The average Bonchev–Trinajstić information content (AvgIpc) is 1.90. The molecule has 0 aromatic heterocycles. The second-order valence-electron chi connectivity index (χ2n) is 1.84. The predicted molar refractivity (Wildman–Crippen MR) is 55.7 cm³/mol. The van der Waals surface area contributed by atoms with Crippen molar-refractivity contribution in [1.29, 1.82) is 0 Å². The molecule has 0 heterocycles. The smallest absolute Gasteiger partial charge is 0 e. The fourth-order valence-corrected chi connectivity index (χ4v) is 0.714. The van der Waals surface area contributed by atoms with Gasteiger partial charge in [-0.05, 0) is 12.0 Å². The Morgan fingerprint density at radius 1 is 1.00 bits per heavy atom. The van der Waals surface area contributed by atoms with Gasteiger partial charge in [-0.1, -0.05) is 52.1 Å². The molecule has 69 valence electrons.